The van der Waals surface area contributed by atoms with Gasteiger partial charge in [-0.25, -0.2) is 9.97 Å². The molecule has 0 amide bonds. The predicted molar refractivity (Wildman–Crippen MR) is 260 cm³/mol. The van der Waals surface area contributed by atoms with Crippen LogP contribution in [0.4, 0.5) is 0 Å². The molecular weight excluding hydrogens is 769 g/mol. The Morgan fingerprint density at radius 3 is 1.90 bits per heavy atom. The summed E-state index contributed by atoms with van der Waals surface area (Å²) < 4.78 is 11.0. The molecule has 0 atom stereocenters. The smallest absolute Gasteiger partial charge is 0.235 e. The van der Waals surface area contributed by atoms with Crippen molar-refractivity contribution in [1.82, 2.24) is 19.1 Å². The molecule has 0 fully saturated rings. The van der Waals surface area contributed by atoms with Gasteiger partial charge in [-0.05, 0) is 123 Å². The molecule has 0 spiro atoms. The lowest BCUT2D eigenvalue weighted by Crippen LogP contribution is -2.06. The summed E-state index contributed by atoms with van der Waals surface area (Å²) in [4.78, 5) is 10.6. The first-order chi connectivity index (χ1) is 31.2. The van der Waals surface area contributed by atoms with Gasteiger partial charge in [0.15, 0.2) is 0 Å². The number of ether oxygens (including phenoxy) is 1. The van der Waals surface area contributed by atoms with Gasteiger partial charge in [0.2, 0.25) is 5.95 Å². The van der Waals surface area contributed by atoms with Crippen LogP contribution >= 0.6 is 0 Å². The molecule has 5 heteroatoms. The summed E-state index contributed by atoms with van der Waals surface area (Å²) in [5.41, 5.74) is 13.1. The maximum atomic E-state index is 6.34. The van der Waals surface area contributed by atoms with E-state index < -0.39 is 0 Å². The molecule has 0 bridgehead atoms. The van der Waals surface area contributed by atoms with Crippen LogP contribution in [0.2, 0.25) is 0 Å². The molecule has 0 radical (unpaired) electrons. The van der Waals surface area contributed by atoms with Gasteiger partial charge >= 0.3 is 0 Å². The maximum Gasteiger partial charge on any atom is 0.235 e. The van der Waals surface area contributed by atoms with Crippen LogP contribution in [0.3, 0.4) is 0 Å². The van der Waals surface area contributed by atoms with Crippen molar-refractivity contribution >= 4 is 76.1 Å². The molecule has 0 unspecified atom stereocenters. The van der Waals surface area contributed by atoms with Crippen molar-refractivity contribution in [2.75, 3.05) is 0 Å². The van der Waals surface area contributed by atoms with Crippen molar-refractivity contribution in [2.24, 2.45) is 0 Å². The van der Waals surface area contributed by atoms with Crippen molar-refractivity contribution < 1.29 is 4.74 Å². The lowest BCUT2D eigenvalue weighted by Gasteiger charge is -2.21. The largest absolute Gasteiger partial charge is 0.456 e. The first-order valence-electron chi connectivity index (χ1n) is 21.4. The zero-order valence-corrected chi connectivity index (χ0v) is 33.8. The number of rotatable bonds is 4. The average molecular weight is 803 g/mol. The van der Waals surface area contributed by atoms with E-state index in [0.717, 1.165) is 66.9 Å². The summed E-state index contributed by atoms with van der Waals surface area (Å²) >= 11 is 0. The highest BCUT2D eigenvalue weighted by Crippen LogP contribution is 2.46. The molecule has 63 heavy (non-hydrogen) atoms. The summed E-state index contributed by atoms with van der Waals surface area (Å²) in [5.74, 6) is 2.21. The molecule has 13 aromatic rings. The fraction of sp³-hybridized carbons (Fsp3) is 0. The second kappa shape index (κ2) is 13.0. The molecule has 10 aromatic carbocycles. The SMILES string of the molecule is c1ccc(-c2ccc3cc(-n4c5ccccc5c5cc(-c6ccc7c(c6)c6c8ccccc8ccc6n7-c6nc7c8c(cccc8n6)Oc6ccccc6-7)ccc54)ccc3c2)cc1. The van der Waals surface area contributed by atoms with E-state index in [9.17, 15) is 0 Å². The molecule has 1 aliphatic heterocycles. The third kappa shape index (κ3) is 5.05. The highest BCUT2D eigenvalue weighted by molar-refractivity contribution is 6.22. The summed E-state index contributed by atoms with van der Waals surface area (Å²) in [7, 11) is 0. The molecule has 0 saturated heterocycles. The Balaban J connectivity index is 0.949. The number of nitrogens with zero attached hydrogens (tertiary/aromatic N) is 4. The Kier molecular flexibility index (Phi) is 7.05. The predicted octanol–water partition coefficient (Wildman–Crippen LogP) is 15.2. The Morgan fingerprint density at radius 2 is 1.00 bits per heavy atom. The lowest BCUT2D eigenvalue weighted by atomic mass is 9.99. The number of hydrogen-bond acceptors (Lipinski definition) is 3. The Labute approximate surface area is 361 Å². The van der Waals surface area contributed by atoms with E-state index in [4.69, 9.17) is 14.7 Å². The van der Waals surface area contributed by atoms with Crippen LogP contribution in [-0.2, 0) is 0 Å². The molecule has 14 rings (SSSR count). The van der Waals surface area contributed by atoms with E-state index in [-0.39, 0.29) is 0 Å². The zero-order chi connectivity index (χ0) is 41.2. The van der Waals surface area contributed by atoms with Crippen LogP contribution in [0.25, 0.3) is 121 Å². The second-order valence-corrected chi connectivity index (χ2v) is 16.6. The molecule has 3 aromatic heterocycles. The molecule has 5 nitrogen and oxygen atoms in total. The lowest BCUT2D eigenvalue weighted by molar-refractivity contribution is 0.486. The van der Waals surface area contributed by atoms with E-state index in [1.165, 1.54) is 59.9 Å². The topological polar surface area (TPSA) is 44.9 Å². The summed E-state index contributed by atoms with van der Waals surface area (Å²) in [5, 5.41) is 10.6. The summed E-state index contributed by atoms with van der Waals surface area (Å²) in [6, 6.07) is 74.0. The van der Waals surface area contributed by atoms with E-state index in [1.807, 2.05) is 30.3 Å². The van der Waals surface area contributed by atoms with Crippen LogP contribution < -0.4 is 4.74 Å². The molecule has 0 N–H and O–H groups in total. The highest BCUT2D eigenvalue weighted by atomic mass is 16.5. The first kappa shape index (κ1) is 34.2. The van der Waals surface area contributed by atoms with Gasteiger partial charge in [0, 0.05) is 32.8 Å². The number of hydrogen-bond donors (Lipinski definition) is 0. The van der Waals surface area contributed by atoms with Crippen molar-refractivity contribution in [3.63, 3.8) is 0 Å². The summed E-state index contributed by atoms with van der Waals surface area (Å²) in [6.07, 6.45) is 0. The number of fused-ring (bicyclic) bond motifs is 11. The fourth-order valence-electron chi connectivity index (χ4n) is 10.2. The minimum absolute atomic E-state index is 0.633. The maximum absolute atomic E-state index is 6.34. The average Bonchev–Trinajstić information content (AvgIpc) is 3.86. The van der Waals surface area contributed by atoms with Crippen molar-refractivity contribution in [3.8, 4) is 56.6 Å². The minimum atomic E-state index is 0.633. The van der Waals surface area contributed by atoms with Gasteiger partial charge in [-0.3, -0.25) is 4.57 Å². The molecule has 0 aliphatic carbocycles. The van der Waals surface area contributed by atoms with Crippen LogP contribution in [-0.4, -0.2) is 19.1 Å². The molecule has 292 valence electrons. The van der Waals surface area contributed by atoms with E-state index in [2.05, 4.69) is 185 Å². The van der Waals surface area contributed by atoms with Gasteiger partial charge in [0.25, 0.3) is 0 Å². The van der Waals surface area contributed by atoms with Crippen LogP contribution in [0.15, 0.2) is 206 Å². The Hall–Kier alpha value is -8.54. The van der Waals surface area contributed by atoms with E-state index in [0.29, 0.717) is 5.95 Å². The third-order valence-electron chi connectivity index (χ3n) is 13.1. The van der Waals surface area contributed by atoms with Crippen LogP contribution in [0.1, 0.15) is 0 Å². The van der Waals surface area contributed by atoms with Gasteiger partial charge in [0.05, 0.1) is 38.7 Å². The van der Waals surface area contributed by atoms with Crippen LogP contribution in [0, 0.1) is 0 Å². The zero-order valence-electron chi connectivity index (χ0n) is 33.8. The Bertz CT molecular complexity index is 4070. The number of aromatic nitrogens is 4. The van der Waals surface area contributed by atoms with Gasteiger partial charge in [-0.15, -0.1) is 0 Å². The van der Waals surface area contributed by atoms with E-state index in [1.54, 1.807) is 0 Å². The quantitative estimate of drug-likeness (QED) is 0.178. The first-order valence-corrected chi connectivity index (χ1v) is 21.4. The van der Waals surface area contributed by atoms with Gasteiger partial charge < -0.3 is 9.30 Å². The number of para-hydroxylation sites is 2. The fourth-order valence-corrected chi connectivity index (χ4v) is 10.2. The molecule has 1 aliphatic rings. The van der Waals surface area contributed by atoms with Crippen molar-refractivity contribution in [1.29, 1.82) is 0 Å². The van der Waals surface area contributed by atoms with Crippen molar-refractivity contribution in [2.45, 2.75) is 0 Å². The minimum Gasteiger partial charge on any atom is -0.456 e. The highest BCUT2D eigenvalue weighted by Gasteiger charge is 2.25. The monoisotopic (exact) mass is 802 g/mol. The van der Waals surface area contributed by atoms with Gasteiger partial charge in [-0.2, -0.15) is 0 Å². The standard InChI is InChI=1S/C58H34N4O/c1-2-11-35(12-3-1)37-21-22-39-32-42(27-23-38(39)31-37)61-49-18-8-6-15-44(49)46-33-40(25-28-50(46)61)41-26-29-51-47(34-41)55-43-14-5-4-13-36(43)24-30-52(55)62(51)58-59-48-17-10-20-54-56(48)57(60-58)45-16-7-9-19-53(45)63-54/h1-34H. The molecule has 4 heterocycles. The van der Waals surface area contributed by atoms with Crippen molar-refractivity contribution in [3.05, 3.63) is 206 Å². The second-order valence-electron chi connectivity index (χ2n) is 16.6. The summed E-state index contributed by atoms with van der Waals surface area (Å²) in [6.45, 7) is 0. The molecular formula is C58H34N4O. The normalized spacial score (nSPS) is 12.3. The number of benzene rings is 10. The van der Waals surface area contributed by atoms with E-state index >= 15 is 0 Å². The Morgan fingerprint density at radius 1 is 0.349 bits per heavy atom. The van der Waals surface area contributed by atoms with Crippen LogP contribution in [0.5, 0.6) is 11.5 Å². The van der Waals surface area contributed by atoms with Gasteiger partial charge in [-0.1, -0.05) is 127 Å². The van der Waals surface area contributed by atoms with Gasteiger partial charge in [0.1, 0.15) is 11.5 Å². The third-order valence-corrected chi connectivity index (χ3v) is 13.1. The molecule has 0 saturated carbocycles.